The molecule has 0 atom stereocenters. The predicted octanol–water partition coefficient (Wildman–Crippen LogP) is 2.89. The van der Waals surface area contributed by atoms with Gasteiger partial charge in [-0.05, 0) is 58.1 Å². The fourth-order valence-electron chi connectivity index (χ4n) is 1.48. The SMILES string of the molecule is CC(C)(C)NCCCNC(=S)Nc1ccccc1F. The Balaban J connectivity index is 2.20. The monoisotopic (exact) mass is 283 g/mol. The summed E-state index contributed by atoms with van der Waals surface area (Å²) in [5.41, 5.74) is 0.527. The molecule has 0 heterocycles. The summed E-state index contributed by atoms with van der Waals surface area (Å²) in [4.78, 5) is 0. The van der Waals surface area contributed by atoms with Crippen molar-refractivity contribution < 1.29 is 4.39 Å². The molecule has 0 amide bonds. The highest BCUT2D eigenvalue weighted by molar-refractivity contribution is 7.80. The minimum absolute atomic E-state index is 0.131. The van der Waals surface area contributed by atoms with Crippen molar-refractivity contribution in [2.45, 2.75) is 32.7 Å². The highest BCUT2D eigenvalue weighted by Crippen LogP contribution is 2.11. The standard InChI is InChI=1S/C14H22FN3S/c1-14(2,3)17-10-6-9-16-13(19)18-12-8-5-4-7-11(12)15/h4-5,7-8,17H,6,9-10H2,1-3H3,(H2,16,18,19). The van der Waals surface area contributed by atoms with E-state index < -0.39 is 0 Å². The molecular weight excluding hydrogens is 261 g/mol. The van der Waals surface area contributed by atoms with Crippen molar-refractivity contribution in [1.29, 1.82) is 0 Å². The van der Waals surface area contributed by atoms with Crippen molar-refractivity contribution in [2.24, 2.45) is 0 Å². The smallest absolute Gasteiger partial charge is 0.170 e. The van der Waals surface area contributed by atoms with Crippen LogP contribution in [-0.2, 0) is 0 Å². The number of rotatable bonds is 5. The van der Waals surface area contributed by atoms with E-state index >= 15 is 0 Å². The molecule has 0 fully saturated rings. The van der Waals surface area contributed by atoms with Gasteiger partial charge in [0.15, 0.2) is 5.11 Å². The van der Waals surface area contributed by atoms with Crippen molar-refractivity contribution >= 4 is 23.0 Å². The quantitative estimate of drug-likeness (QED) is 0.574. The molecule has 0 radical (unpaired) electrons. The Labute approximate surface area is 120 Å². The predicted molar refractivity (Wildman–Crippen MR) is 83.0 cm³/mol. The summed E-state index contributed by atoms with van der Waals surface area (Å²) in [5, 5.41) is 9.74. The summed E-state index contributed by atoms with van der Waals surface area (Å²) in [5.74, 6) is -0.305. The lowest BCUT2D eigenvalue weighted by molar-refractivity contribution is 0.422. The third-order valence-corrected chi connectivity index (χ3v) is 2.66. The fraction of sp³-hybridized carbons (Fsp3) is 0.500. The van der Waals surface area contributed by atoms with Crippen LogP contribution in [0.5, 0.6) is 0 Å². The summed E-state index contributed by atoms with van der Waals surface area (Å²) in [7, 11) is 0. The number of thiocarbonyl (C=S) groups is 1. The number of benzene rings is 1. The first-order chi connectivity index (χ1) is 8.88. The van der Waals surface area contributed by atoms with Crippen molar-refractivity contribution in [1.82, 2.24) is 10.6 Å². The van der Waals surface area contributed by atoms with Crippen LogP contribution in [0.2, 0.25) is 0 Å². The van der Waals surface area contributed by atoms with Gasteiger partial charge in [0.25, 0.3) is 0 Å². The van der Waals surface area contributed by atoms with Crippen LogP contribution in [0.3, 0.4) is 0 Å². The van der Waals surface area contributed by atoms with Gasteiger partial charge in [-0.3, -0.25) is 0 Å². The number of halogens is 1. The van der Waals surface area contributed by atoms with E-state index in [0.29, 0.717) is 10.8 Å². The maximum Gasteiger partial charge on any atom is 0.170 e. The minimum Gasteiger partial charge on any atom is -0.362 e. The lowest BCUT2D eigenvalue weighted by Gasteiger charge is -2.20. The van der Waals surface area contributed by atoms with Crippen LogP contribution in [0.15, 0.2) is 24.3 Å². The molecule has 0 aliphatic rings. The zero-order valence-corrected chi connectivity index (χ0v) is 12.5. The Hall–Kier alpha value is -1.20. The third kappa shape index (κ3) is 7.08. The normalized spacial score (nSPS) is 11.2. The zero-order chi connectivity index (χ0) is 14.3. The Kier molecular flexibility index (Phi) is 6.18. The summed E-state index contributed by atoms with van der Waals surface area (Å²) in [6.45, 7) is 8.06. The molecule has 0 unspecified atom stereocenters. The summed E-state index contributed by atoms with van der Waals surface area (Å²) < 4.78 is 13.4. The van der Waals surface area contributed by atoms with Crippen molar-refractivity contribution in [3.8, 4) is 0 Å². The molecular formula is C14H22FN3S. The second kappa shape index (κ2) is 7.40. The van der Waals surface area contributed by atoms with Gasteiger partial charge in [-0.1, -0.05) is 12.1 Å². The molecule has 106 valence electrons. The largest absolute Gasteiger partial charge is 0.362 e. The van der Waals surface area contributed by atoms with Crippen LogP contribution in [0.1, 0.15) is 27.2 Å². The van der Waals surface area contributed by atoms with E-state index in [4.69, 9.17) is 12.2 Å². The van der Waals surface area contributed by atoms with Gasteiger partial charge in [0, 0.05) is 12.1 Å². The van der Waals surface area contributed by atoms with Gasteiger partial charge in [-0.25, -0.2) is 4.39 Å². The van der Waals surface area contributed by atoms with Crippen LogP contribution in [-0.4, -0.2) is 23.7 Å². The van der Waals surface area contributed by atoms with E-state index in [1.807, 2.05) is 0 Å². The van der Waals surface area contributed by atoms with Gasteiger partial charge in [-0.15, -0.1) is 0 Å². The van der Waals surface area contributed by atoms with Gasteiger partial charge >= 0.3 is 0 Å². The highest BCUT2D eigenvalue weighted by Gasteiger charge is 2.07. The molecule has 5 heteroatoms. The van der Waals surface area contributed by atoms with E-state index in [9.17, 15) is 4.39 Å². The lowest BCUT2D eigenvalue weighted by atomic mass is 10.1. The van der Waals surface area contributed by atoms with Crippen molar-refractivity contribution in [3.05, 3.63) is 30.1 Å². The van der Waals surface area contributed by atoms with E-state index in [1.54, 1.807) is 18.2 Å². The second-order valence-corrected chi connectivity index (χ2v) is 5.80. The molecule has 0 bridgehead atoms. The maximum absolute atomic E-state index is 13.4. The Morgan fingerprint density at radius 1 is 1.21 bits per heavy atom. The highest BCUT2D eigenvalue weighted by atomic mass is 32.1. The van der Waals surface area contributed by atoms with Crippen LogP contribution in [0.4, 0.5) is 10.1 Å². The summed E-state index contributed by atoms with van der Waals surface area (Å²) in [6, 6.07) is 6.47. The van der Waals surface area contributed by atoms with E-state index in [-0.39, 0.29) is 11.4 Å². The zero-order valence-electron chi connectivity index (χ0n) is 11.7. The molecule has 1 rings (SSSR count). The minimum atomic E-state index is -0.305. The van der Waals surface area contributed by atoms with E-state index in [0.717, 1.165) is 19.5 Å². The van der Waals surface area contributed by atoms with Crippen molar-refractivity contribution in [2.75, 3.05) is 18.4 Å². The summed E-state index contributed by atoms with van der Waals surface area (Å²) in [6.07, 6.45) is 0.955. The average Bonchev–Trinajstić information content (AvgIpc) is 2.30. The molecule has 0 saturated carbocycles. The van der Waals surface area contributed by atoms with Crippen LogP contribution >= 0.6 is 12.2 Å². The van der Waals surface area contributed by atoms with Gasteiger partial charge in [0.05, 0.1) is 5.69 Å². The third-order valence-electron chi connectivity index (χ3n) is 2.42. The number of anilines is 1. The topological polar surface area (TPSA) is 36.1 Å². The number of nitrogens with one attached hydrogen (secondary N) is 3. The molecule has 1 aromatic rings. The lowest BCUT2D eigenvalue weighted by Crippen LogP contribution is -2.38. The van der Waals surface area contributed by atoms with Crippen molar-refractivity contribution in [3.63, 3.8) is 0 Å². The molecule has 1 aromatic carbocycles. The van der Waals surface area contributed by atoms with Crippen LogP contribution in [0, 0.1) is 5.82 Å². The molecule has 19 heavy (non-hydrogen) atoms. The number of hydrogen-bond donors (Lipinski definition) is 3. The Morgan fingerprint density at radius 3 is 2.53 bits per heavy atom. The number of hydrogen-bond acceptors (Lipinski definition) is 2. The van der Waals surface area contributed by atoms with E-state index in [2.05, 4.69) is 36.7 Å². The fourth-order valence-corrected chi connectivity index (χ4v) is 1.69. The Morgan fingerprint density at radius 2 is 1.89 bits per heavy atom. The first-order valence-corrected chi connectivity index (χ1v) is 6.84. The first-order valence-electron chi connectivity index (χ1n) is 6.43. The second-order valence-electron chi connectivity index (χ2n) is 5.39. The van der Waals surface area contributed by atoms with Crippen LogP contribution in [0.25, 0.3) is 0 Å². The summed E-state index contributed by atoms with van der Waals surface area (Å²) >= 11 is 5.11. The Bertz CT molecular complexity index is 415. The molecule has 3 nitrogen and oxygen atoms in total. The van der Waals surface area contributed by atoms with Crippen LogP contribution < -0.4 is 16.0 Å². The average molecular weight is 283 g/mol. The van der Waals surface area contributed by atoms with Gasteiger partial charge in [0.2, 0.25) is 0 Å². The molecule has 0 spiro atoms. The molecule has 0 aromatic heterocycles. The molecule has 0 saturated heterocycles. The van der Waals surface area contributed by atoms with Gasteiger partial charge in [-0.2, -0.15) is 0 Å². The molecule has 0 aliphatic heterocycles. The van der Waals surface area contributed by atoms with E-state index in [1.165, 1.54) is 6.07 Å². The van der Waals surface area contributed by atoms with Gasteiger partial charge in [0.1, 0.15) is 5.82 Å². The molecule has 3 N–H and O–H groups in total. The maximum atomic E-state index is 13.4. The van der Waals surface area contributed by atoms with Gasteiger partial charge < -0.3 is 16.0 Å². The number of para-hydroxylation sites is 1. The first kappa shape index (κ1) is 15.9. The molecule has 0 aliphatic carbocycles.